The van der Waals surface area contributed by atoms with E-state index in [1.807, 2.05) is 28.7 Å². The first kappa shape index (κ1) is 35.6. The van der Waals surface area contributed by atoms with Crippen LogP contribution < -0.4 is 0 Å². The molecule has 5 nitrogen and oxygen atoms in total. The Balaban J connectivity index is 1.13. The molecule has 0 aliphatic rings. The lowest BCUT2D eigenvalue weighted by Crippen LogP contribution is -2.05. The van der Waals surface area contributed by atoms with E-state index in [0.29, 0.717) is 17.5 Å². The Hall–Kier alpha value is -7.97. The molecule has 0 amide bonds. The van der Waals surface area contributed by atoms with Crippen molar-refractivity contribution in [3.05, 3.63) is 200 Å². The summed E-state index contributed by atoms with van der Waals surface area (Å²) < 4.78 is 9.74. The molecule has 0 N–H and O–H groups in total. The van der Waals surface area contributed by atoms with Crippen molar-refractivity contribution in [2.75, 3.05) is 0 Å². The van der Waals surface area contributed by atoms with E-state index in [2.05, 4.69) is 203 Å². The fourth-order valence-electron chi connectivity index (χ4n) is 10.0. The third kappa shape index (κ3) is 5.13. The van der Waals surface area contributed by atoms with Gasteiger partial charge in [0.1, 0.15) is 0 Å². The molecule has 0 atom stereocenters. The highest BCUT2D eigenvalue weighted by Crippen LogP contribution is 2.47. The first-order valence-electron chi connectivity index (χ1n) is 21.4. The SMILES string of the molecule is c1ccc(-c2nc(-c3ccc4c(sc5ccccc54)c3-n3c4ccccc4c4ccccc43)nc(-c3ccc4c(sc5ccccc54)c3-n3c4ccccc4c4ccccc43)n2)cc1. The van der Waals surface area contributed by atoms with Gasteiger partial charge in [0.25, 0.3) is 0 Å². The van der Waals surface area contributed by atoms with Crippen LogP contribution in [-0.4, -0.2) is 24.1 Å². The number of aromatic nitrogens is 5. The highest BCUT2D eigenvalue weighted by Gasteiger charge is 2.26. The van der Waals surface area contributed by atoms with Crippen molar-refractivity contribution in [3.63, 3.8) is 0 Å². The summed E-state index contributed by atoms with van der Waals surface area (Å²) in [6.45, 7) is 0. The van der Waals surface area contributed by atoms with Crippen LogP contribution in [0.1, 0.15) is 0 Å². The molecule has 14 aromatic rings. The lowest BCUT2D eigenvalue weighted by Gasteiger charge is -2.17. The molecule has 0 fully saturated rings. The number of hydrogen-bond acceptors (Lipinski definition) is 5. The van der Waals surface area contributed by atoms with Gasteiger partial charge in [0, 0.05) is 69.2 Å². The van der Waals surface area contributed by atoms with Crippen molar-refractivity contribution >= 4 is 107 Å². The first-order chi connectivity index (χ1) is 31.8. The maximum atomic E-state index is 5.64. The summed E-state index contributed by atoms with van der Waals surface area (Å²) >= 11 is 3.65. The number of para-hydroxylation sites is 4. The van der Waals surface area contributed by atoms with Gasteiger partial charge in [-0.25, -0.2) is 15.0 Å². The molecule has 0 aliphatic carbocycles. The molecule has 0 bridgehead atoms. The van der Waals surface area contributed by atoms with Crippen molar-refractivity contribution in [1.29, 1.82) is 0 Å². The van der Waals surface area contributed by atoms with E-state index in [-0.39, 0.29) is 0 Å². The second kappa shape index (κ2) is 13.8. The molecule has 5 heterocycles. The maximum Gasteiger partial charge on any atom is 0.166 e. The second-order valence-corrected chi connectivity index (χ2v) is 18.4. The maximum absolute atomic E-state index is 5.64. The van der Waals surface area contributed by atoms with Crippen LogP contribution in [0.15, 0.2) is 200 Å². The van der Waals surface area contributed by atoms with Gasteiger partial charge in [0.15, 0.2) is 17.5 Å². The minimum absolute atomic E-state index is 0.615. The summed E-state index contributed by atoms with van der Waals surface area (Å²) in [5.41, 5.74) is 9.47. The number of benzene rings is 9. The van der Waals surface area contributed by atoms with Crippen molar-refractivity contribution in [1.82, 2.24) is 24.1 Å². The van der Waals surface area contributed by atoms with Crippen LogP contribution >= 0.6 is 22.7 Å². The first-order valence-corrected chi connectivity index (χ1v) is 23.1. The Kier molecular flexibility index (Phi) is 7.66. The van der Waals surface area contributed by atoms with Crippen molar-refractivity contribution in [3.8, 4) is 45.5 Å². The van der Waals surface area contributed by atoms with Crippen LogP contribution in [0.3, 0.4) is 0 Å². The molecule has 0 saturated heterocycles. The molecule has 298 valence electrons. The van der Waals surface area contributed by atoms with E-state index >= 15 is 0 Å². The second-order valence-electron chi connectivity index (χ2n) is 16.3. The predicted octanol–water partition coefficient (Wildman–Crippen LogP) is 15.8. The molecule has 9 aromatic carbocycles. The molecule has 5 aromatic heterocycles. The van der Waals surface area contributed by atoms with Crippen molar-refractivity contribution < 1.29 is 0 Å². The highest BCUT2D eigenvalue weighted by molar-refractivity contribution is 7.26. The largest absolute Gasteiger partial charge is 0.307 e. The van der Waals surface area contributed by atoms with E-state index in [4.69, 9.17) is 15.0 Å². The van der Waals surface area contributed by atoms with Crippen LogP contribution in [-0.2, 0) is 0 Å². The van der Waals surface area contributed by atoms with Crippen molar-refractivity contribution in [2.24, 2.45) is 0 Å². The van der Waals surface area contributed by atoms with Gasteiger partial charge in [-0.15, -0.1) is 22.7 Å². The van der Waals surface area contributed by atoms with Gasteiger partial charge >= 0.3 is 0 Å². The molecule has 0 aliphatic heterocycles. The number of nitrogens with zero attached hydrogens (tertiary/aromatic N) is 5. The molecule has 14 rings (SSSR count). The number of rotatable bonds is 5. The molecule has 0 radical (unpaired) electrons. The molecular formula is C57H33N5S2. The standard InChI is InChI=1S/C57H33N5S2/c1-2-16-34(17-3-1)55-58-56(43-32-30-41-39-22-8-14-28-49(39)63-53(41)51(43)61-45-24-10-4-18-35(45)36-19-5-11-25-46(36)61)60-57(59-55)44-33-31-42-40-23-9-15-29-50(40)64-54(42)52(44)62-47-26-12-6-20-37(47)38-21-7-13-27-48(38)62/h1-33H. The lowest BCUT2D eigenvalue weighted by molar-refractivity contribution is 1.06. The Morgan fingerprint density at radius 1 is 0.281 bits per heavy atom. The van der Waals surface area contributed by atoms with E-state index in [1.165, 1.54) is 61.9 Å². The minimum Gasteiger partial charge on any atom is -0.307 e. The summed E-state index contributed by atoms with van der Waals surface area (Å²) in [6, 6.07) is 71.7. The van der Waals surface area contributed by atoms with Gasteiger partial charge in [-0.2, -0.15) is 0 Å². The number of fused-ring (bicyclic) bond motifs is 12. The van der Waals surface area contributed by atoms with Gasteiger partial charge in [0.05, 0.1) is 42.8 Å². The molecule has 64 heavy (non-hydrogen) atoms. The monoisotopic (exact) mass is 851 g/mol. The Morgan fingerprint density at radius 3 is 1.05 bits per heavy atom. The average molecular weight is 852 g/mol. The van der Waals surface area contributed by atoms with Crippen molar-refractivity contribution in [2.45, 2.75) is 0 Å². The Morgan fingerprint density at radius 2 is 0.625 bits per heavy atom. The summed E-state index contributed by atoms with van der Waals surface area (Å²) in [5, 5.41) is 9.72. The van der Waals surface area contributed by atoms with Gasteiger partial charge < -0.3 is 9.13 Å². The van der Waals surface area contributed by atoms with Crippen LogP contribution in [0.4, 0.5) is 0 Å². The topological polar surface area (TPSA) is 48.5 Å². The summed E-state index contributed by atoms with van der Waals surface area (Å²) in [4.78, 5) is 16.5. The Labute approximate surface area is 374 Å². The van der Waals surface area contributed by atoms with E-state index in [9.17, 15) is 0 Å². The molecule has 0 spiro atoms. The van der Waals surface area contributed by atoms with Crippen LogP contribution in [0.5, 0.6) is 0 Å². The summed E-state index contributed by atoms with van der Waals surface area (Å²) in [6.07, 6.45) is 0. The fourth-order valence-corrected chi connectivity index (χ4v) is 12.5. The van der Waals surface area contributed by atoms with E-state index in [1.54, 1.807) is 0 Å². The fraction of sp³-hybridized carbons (Fsp3) is 0. The third-order valence-corrected chi connectivity index (χ3v) is 15.2. The van der Waals surface area contributed by atoms with Crippen LogP contribution in [0, 0.1) is 0 Å². The van der Waals surface area contributed by atoms with Crippen LogP contribution in [0.25, 0.3) is 129 Å². The zero-order valence-electron chi connectivity index (χ0n) is 34.1. The zero-order valence-corrected chi connectivity index (χ0v) is 35.7. The highest BCUT2D eigenvalue weighted by atomic mass is 32.1. The number of hydrogen-bond donors (Lipinski definition) is 0. The quantitative estimate of drug-likeness (QED) is 0.173. The van der Waals surface area contributed by atoms with Gasteiger partial charge in [-0.05, 0) is 48.5 Å². The summed E-state index contributed by atoms with van der Waals surface area (Å²) in [5.74, 6) is 1.85. The normalized spacial score (nSPS) is 12.1. The predicted molar refractivity (Wildman–Crippen MR) is 271 cm³/mol. The van der Waals surface area contributed by atoms with E-state index < -0.39 is 0 Å². The average Bonchev–Trinajstić information content (AvgIpc) is 4.12. The lowest BCUT2D eigenvalue weighted by atomic mass is 10.0. The van der Waals surface area contributed by atoms with Crippen LogP contribution in [0.2, 0.25) is 0 Å². The van der Waals surface area contributed by atoms with Gasteiger partial charge in [-0.3, -0.25) is 0 Å². The third-order valence-electron chi connectivity index (χ3n) is 12.8. The molecule has 0 saturated carbocycles. The zero-order chi connectivity index (χ0) is 41.9. The smallest absolute Gasteiger partial charge is 0.166 e. The Bertz CT molecular complexity index is 3850. The summed E-state index contributed by atoms with van der Waals surface area (Å²) in [7, 11) is 0. The minimum atomic E-state index is 0.615. The molecule has 0 unspecified atom stereocenters. The number of thiophene rings is 2. The molecule has 7 heteroatoms. The molecular weight excluding hydrogens is 819 g/mol. The van der Waals surface area contributed by atoms with E-state index in [0.717, 1.165) is 50.1 Å². The van der Waals surface area contributed by atoms with Gasteiger partial charge in [-0.1, -0.05) is 152 Å². The van der Waals surface area contributed by atoms with Gasteiger partial charge in [0.2, 0.25) is 0 Å².